The molecule has 0 amide bonds. The number of aliphatic hydroxyl groups is 1. The largest absolute Gasteiger partial charge is 0.483 e. The molecule has 0 radical (unpaired) electrons. The number of ether oxygens (including phenoxy) is 1. The van der Waals surface area contributed by atoms with Crippen LogP contribution < -0.4 is 10.1 Å². The van der Waals surface area contributed by atoms with Crippen LogP contribution in [0.5, 0.6) is 5.75 Å². The predicted octanol–water partition coefficient (Wildman–Crippen LogP) is 1.21. The fourth-order valence-corrected chi connectivity index (χ4v) is 1.48. The Bertz CT molecular complexity index is 400. The first-order valence-electron chi connectivity index (χ1n) is 4.94. The van der Waals surface area contributed by atoms with Gasteiger partial charge in [-0.3, -0.25) is 10.1 Å². The Balaban J connectivity index is 2.79. The highest BCUT2D eigenvalue weighted by molar-refractivity contribution is 6.32. The number of benzene rings is 1. The molecule has 1 rings (SSSR count). The van der Waals surface area contributed by atoms with Crippen LogP contribution in [-0.4, -0.2) is 36.3 Å². The van der Waals surface area contributed by atoms with Crippen molar-refractivity contribution in [2.24, 2.45) is 0 Å². The third kappa shape index (κ3) is 3.85. The van der Waals surface area contributed by atoms with Gasteiger partial charge in [0.1, 0.15) is 12.7 Å². The van der Waals surface area contributed by atoms with E-state index in [1.54, 1.807) is 7.05 Å². The Kier molecular flexibility index (Phi) is 5.14. The molecule has 0 heterocycles. The molecule has 17 heavy (non-hydrogen) atoms. The molecule has 1 unspecified atom stereocenters. The van der Waals surface area contributed by atoms with Gasteiger partial charge in [0, 0.05) is 12.6 Å². The maximum Gasteiger partial charge on any atom is 0.312 e. The Hall–Kier alpha value is -1.37. The molecule has 0 fully saturated rings. The summed E-state index contributed by atoms with van der Waals surface area (Å²) >= 11 is 5.81. The first-order chi connectivity index (χ1) is 8.06. The molecule has 94 valence electrons. The van der Waals surface area contributed by atoms with E-state index in [0.717, 1.165) is 0 Å². The van der Waals surface area contributed by atoms with Crippen molar-refractivity contribution in [1.29, 1.82) is 0 Å². The zero-order chi connectivity index (χ0) is 12.8. The van der Waals surface area contributed by atoms with Crippen molar-refractivity contribution >= 4 is 17.3 Å². The molecule has 2 N–H and O–H groups in total. The van der Waals surface area contributed by atoms with E-state index in [4.69, 9.17) is 16.3 Å². The average Bonchev–Trinajstić information content (AvgIpc) is 2.27. The maximum atomic E-state index is 10.7. The summed E-state index contributed by atoms with van der Waals surface area (Å²) in [7, 11) is 1.68. The van der Waals surface area contributed by atoms with Crippen LogP contribution in [-0.2, 0) is 0 Å². The first kappa shape index (κ1) is 13.7. The van der Waals surface area contributed by atoms with E-state index in [9.17, 15) is 15.2 Å². The lowest BCUT2D eigenvalue weighted by Crippen LogP contribution is -2.29. The minimum Gasteiger partial charge on any atom is -0.483 e. The minimum absolute atomic E-state index is 0.0191. The van der Waals surface area contributed by atoms with Gasteiger partial charge in [-0.15, -0.1) is 0 Å². The summed E-state index contributed by atoms with van der Waals surface area (Å²) in [6, 6.07) is 4.26. The number of rotatable bonds is 6. The highest BCUT2D eigenvalue weighted by atomic mass is 35.5. The zero-order valence-corrected chi connectivity index (χ0v) is 9.98. The van der Waals surface area contributed by atoms with Crippen LogP contribution in [0, 0.1) is 10.1 Å². The third-order valence-corrected chi connectivity index (χ3v) is 2.30. The van der Waals surface area contributed by atoms with Crippen molar-refractivity contribution in [2.45, 2.75) is 6.10 Å². The van der Waals surface area contributed by atoms with Crippen molar-refractivity contribution in [3.63, 3.8) is 0 Å². The summed E-state index contributed by atoms with van der Waals surface area (Å²) in [5.74, 6) is -0.0191. The third-order valence-electron chi connectivity index (χ3n) is 2.00. The molecule has 0 aliphatic heterocycles. The standard InChI is InChI=1S/C10H13ClN2O4/c1-12-5-7(14)6-17-10-8(11)3-2-4-9(10)13(15)16/h2-4,7,12,14H,5-6H2,1H3. The van der Waals surface area contributed by atoms with Gasteiger partial charge in [-0.05, 0) is 13.1 Å². The van der Waals surface area contributed by atoms with Crippen LogP contribution in [0.1, 0.15) is 0 Å². The average molecular weight is 261 g/mol. The molecule has 1 aromatic carbocycles. The molecule has 0 aliphatic rings. The fraction of sp³-hybridized carbons (Fsp3) is 0.400. The second-order valence-electron chi connectivity index (χ2n) is 3.37. The van der Waals surface area contributed by atoms with E-state index < -0.39 is 11.0 Å². The van der Waals surface area contributed by atoms with Crippen molar-refractivity contribution in [3.05, 3.63) is 33.3 Å². The normalized spacial score (nSPS) is 12.2. The first-order valence-corrected chi connectivity index (χ1v) is 5.32. The highest BCUT2D eigenvalue weighted by Gasteiger charge is 2.19. The lowest BCUT2D eigenvalue weighted by atomic mass is 10.3. The van der Waals surface area contributed by atoms with E-state index in [2.05, 4.69) is 5.32 Å². The van der Waals surface area contributed by atoms with E-state index in [1.165, 1.54) is 18.2 Å². The molecule has 0 spiro atoms. The number of nitro benzene ring substituents is 1. The minimum atomic E-state index is -0.754. The number of para-hydroxylation sites is 1. The summed E-state index contributed by atoms with van der Waals surface area (Å²) < 4.78 is 5.18. The highest BCUT2D eigenvalue weighted by Crippen LogP contribution is 2.34. The van der Waals surface area contributed by atoms with E-state index in [-0.39, 0.29) is 23.1 Å². The Labute approximate surface area is 103 Å². The summed E-state index contributed by atoms with van der Waals surface area (Å²) in [6.07, 6.45) is -0.754. The van der Waals surface area contributed by atoms with Crippen LogP contribution in [0.15, 0.2) is 18.2 Å². The van der Waals surface area contributed by atoms with Crippen LogP contribution in [0.25, 0.3) is 0 Å². The van der Waals surface area contributed by atoms with Crippen LogP contribution in [0.2, 0.25) is 5.02 Å². The summed E-state index contributed by atoms with van der Waals surface area (Å²) in [6.45, 7) is 0.268. The maximum absolute atomic E-state index is 10.7. The summed E-state index contributed by atoms with van der Waals surface area (Å²) in [4.78, 5) is 10.2. The number of nitro groups is 1. The second-order valence-corrected chi connectivity index (χ2v) is 3.77. The van der Waals surface area contributed by atoms with Crippen LogP contribution in [0.4, 0.5) is 5.69 Å². The fourth-order valence-electron chi connectivity index (χ4n) is 1.26. The number of halogens is 1. The van der Waals surface area contributed by atoms with Gasteiger partial charge in [-0.1, -0.05) is 17.7 Å². The molecule has 0 saturated heterocycles. The quantitative estimate of drug-likeness (QED) is 0.593. The van der Waals surface area contributed by atoms with Gasteiger partial charge in [0.15, 0.2) is 0 Å². The predicted molar refractivity (Wildman–Crippen MR) is 63.5 cm³/mol. The van der Waals surface area contributed by atoms with Gasteiger partial charge >= 0.3 is 5.69 Å². The Morgan fingerprint density at radius 1 is 1.65 bits per heavy atom. The molecule has 0 aliphatic carbocycles. The van der Waals surface area contributed by atoms with Gasteiger partial charge in [0.2, 0.25) is 5.75 Å². The monoisotopic (exact) mass is 260 g/mol. The van der Waals surface area contributed by atoms with E-state index >= 15 is 0 Å². The number of likely N-dealkylation sites (N-methyl/N-ethyl adjacent to an activating group) is 1. The van der Waals surface area contributed by atoms with E-state index in [0.29, 0.717) is 6.54 Å². The molecule has 0 saturated carbocycles. The molecular formula is C10H13ClN2O4. The lowest BCUT2D eigenvalue weighted by molar-refractivity contribution is -0.385. The molecule has 0 bridgehead atoms. The second kappa shape index (κ2) is 6.39. The number of nitrogens with zero attached hydrogens (tertiary/aromatic N) is 1. The van der Waals surface area contributed by atoms with Crippen molar-refractivity contribution in [2.75, 3.05) is 20.2 Å². The number of aliphatic hydroxyl groups excluding tert-OH is 1. The summed E-state index contributed by atoms with van der Waals surface area (Å²) in [5, 5.41) is 23.1. The van der Waals surface area contributed by atoms with Crippen molar-refractivity contribution in [1.82, 2.24) is 5.32 Å². The topological polar surface area (TPSA) is 84.6 Å². The van der Waals surface area contributed by atoms with Gasteiger partial charge in [0.25, 0.3) is 0 Å². The molecule has 7 heteroatoms. The Morgan fingerprint density at radius 3 is 2.94 bits per heavy atom. The SMILES string of the molecule is CNCC(O)COc1c(Cl)cccc1[N+](=O)[O-]. The lowest BCUT2D eigenvalue weighted by Gasteiger charge is -2.12. The molecule has 0 aromatic heterocycles. The molecule has 6 nitrogen and oxygen atoms in total. The molecule has 1 atom stereocenters. The van der Waals surface area contributed by atoms with Crippen molar-refractivity contribution in [3.8, 4) is 5.75 Å². The Morgan fingerprint density at radius 2 is 2.35 bits per heavy atom. The van der Waals surface area contributed by atoms with Crippen molar-refractivity contribution < 1.29 is 14.8 Å². The molecular weight excluding hydrogens is 248 g/mol. The van der Waals surface area contributed by atoms with Gasteiger partial charge < -0.3 is 15.2 Å². The number of nitrogens with one attached hydrogen (secondary N) is 1. The molecule has 1 aromatic rings. The van der Waals surface area contributed by atoms with Gasteiger partial charge in [0.05, 0.1) is 9.95 Å². The van der Waals surface area contributed by atoms with Gasteiger partial charge in [-0.25, -0.2) is 0 Å². The van der Waals surface area contributed by atoms with E-state index in [1.807, 2.05) is 0 Å². The van der Waals surface area contributed by atoms with Crippen LogP contribution >= 0.6 is 11.6 Å². The number of hydrogen-bond donors (Lipinski definition) is 2. The smallest absolute Gasteiger partial charge is 0.312 e. The zero-order valence-electron chi connectivity index (χ0n) is 9.22. The number of hydrogen-bond acceptors (Lipinski definition) is 5. The summed E-state index contributed by atoms with van der Waals surface area (Å²) in [5.41, 5.74) is -0.214. The van der Waals surface area contributed by atoms with Gasteiger partial charge in [-0.2, -0.15) is 0 Å². The van der Waals surface area contributed by atoms with Crippen LogP contribution in [0.3, 0.4) is 0 Å².